The number of guanidine groups is 1. The molecule has 0 aliphatic carbocycles. The van der Waals surface area contributed by atoms with E-state index in [4.69, 9.17) is 4.99 Å². The van der Waals surface area contributed by atoms with Gasteiger partial charge in [0.2, 0.25) is 0 Å². The summed E-state index contributed by atoms with van der Waals surface area (Å²) in [5.74, 6) is 1.03. The standard InChI is InChI=1S/C22H27N5S/c1-2-23-22(27-15-13-26(14-16-27)20-9-5-17-28-20)25-12-10-19-7-3-6-18-8-4-11-24-21(18)19/h3-9,11,17H,2,10,12-16H2,1H3,(H,23,25). The van der Waals surface area contributed by atoms with Gasteiger partial charge in [-0.3, -0.25) is 9.98 Å². The molecule has 3 aromatic rings. The molecule has 2 aromatic heterocycles. The Morgan fingerprint density at radius 2 is 1.96 bits per heavy atom. The number of nitrogens with one attached hydrogen (secondary N) is 1. The van der Waals surface area contributed by atoms with Crippen molar-refractivity contribution in [3.63, 3.8) is 0 Å². The lowest BCUT2D eigenvalue weighted by atomic mass is 10.1. The monoisotopic (exact) mass is 393 g/mol. The minimum absolute atomic E-state index is 0.767. The number of hydrogen-bond donors (Lipinski definition) is 1. The molecule has 3 heterocycles. The first kappa shape index (κ1) is 18.7. The number of hydrogen-bond acceptors (Lipinski definition) is 4. The molecule has 1 saturated heterocycles. The molecule has 146 valence electrons. The van der Waals surface area contributed by atoms with E-state index in [1.165, 1.54) is 16.0 Å². The molecule has 0 amide bonds. The molecule has 0 spiro atoms. The highest BCUT2D eigenvalue weighted by molar-refractivity contribution is 7.14. The maximum absolute atomic E-state index is 4.91. The molecule has 0 saturated carbocycles. The summed E-state index contributed by atoms with van der Waals surface area (Å²) in [6, 6.07) is 14.8. The van der Waals surface area contributed by atoms with Crippen LogP contribution >= 0.6 is 11.3 Å². The Morgan fingerprint density at radius 3 is 2.75 bits per heavy atom. The summed E-state index contributed by atoms with van der Waals surface area (Å²) < 4.78 is 0. The summed E-state index contributed by atoms with van der Waals surface area (Å²) in [6.45, 7) is 7.87. The number of thiophene rings is 1. The lowest BCUT2D eigenvalue weighted by Crippen LogP contribution is -2.52. The van der Waals surface area contributed by atoms with Crippen molar-refractivity contribution in [1.82, 2.24) is 15.2 Å². The van der Waals surface area contributed by atoms with Crippen LogP contribution in [0, 0.1) is 0 Å². The van der Waals surface area contributed by atoms with E-state index in [0.29, 0.717) is 0 Å². The number of aliphatic imine (C=N–C) groups is 1. The van der Waals surface area contributed by atoms with E-state index in [0.717, 1.165) is 57.2 Å². The minimum atomic E-state index is 0.767. The van der Waals surface area contributed by atoms with Gasteiger partial charge in [0.25, 0.3) is 0 Å². The molecule has 6 heteroatoms. The van der Waals surface area contributed by atoms with Crippen LogP contribution in [0.3, 0.4) is 0 Å². The van der Waals surface area contributed by atoms with Crippen LogP contribution in [0.15, 0.2) is 59.0 Å². The van der Waals surface area contributed by atoms with Crippen LogP contribution in [-0.4, -0.2) is 55.1 Å². The fourth-order valence-corrected chi connectivity index (χ4v) is 4.45. The summed E-state index contributed by atoms with van der Waals surface area (Å²) >= 11 is 1.82. The zero-order valence-corrected chi connectivity index (χ0v) is 17.2. The predicted molar refractivity (Wildman–Crippen MR) is 120 cm³/mol. The first-order chi connectivity index (χ1) is 13.8. The maximum Gasteiger partial charge on any atom is 0.194 e. The number of aromatic nitrogens is 1. The van der Waals surface area contributed by atoms with Crippen molar-refractivity contribution in [3.05, 3.63) is 59.6 Å². The van der Waals surface area contributed by atoms with Crippen LogP contribution in [0.5, 0.6) is 0 Å². The highest BCUT2D eigenvalue weighted by Gasteiger charge is 2.20. The molecule has 0 radical (unpaired) electrons. The van der Waals surface area contributed by atoms with Gasteiger partial charge in [0.05, 0.1) is 10.5 Å². The average Bonchev–Trinajstić information content (AvgIpc) is 3.28. The highest BCUT2D eigenvalue weighted by Crippen LogP contribution is 2.22. The molecule has 1 aliphatic heterocycles. The number of pyridine rings is 1. The number of anilines is 1. The second kappa shape index (κ2) is 9.06. The number of fused-ring (bicyclic) bond motifs is 1. The average molecular weight is 394 g/mol. The smallest absolute Gasteiger partial charge is 0.194 e. The van der Waals surface area contributed by atoms with E-state index in [2.05, 4.69) is 68.8 Å². The van der Waals surface area contributed by atoms with Crippen LogP contribution in [0.25, 0.3) is 10.9 Å². The van der Waals surface area contributed by atoms with Crippen molar-refractivity contribution in [3.8, 4) is 0 Å². The fraction of sp³-hybridized carbons (Fsp3) is 0.364. The summed E-state index contributed by atoms with van der Waals surface area (Å²) in [5, 5.41) is 8.18. The Hall–Kier alpha value is -2.60. The zero-order chi connectivity index (χ0) is 19.2. The molecule has 1 fully saturated rings. The van der Waals surface area contributed by atoms with Gasteiger partial charge in [0, 0.05) is 50.9 Å². The third-order valence-electron chi connectivity index (χ3n) is 5.09. The van der Waals surface area contributed by atoms with Crippen molar-refractivity contribution in [2.75, 3.05) is 44.2 Å². The van der Waals surface area contributed by atoms with E-state index < -0.39 is 0 Å². The molecule has 5 nitrogen and oxygen atoms in total. The van der Waals surface area contributed by atoms with Gasteiger partial charge in [0.15, 0.2) is 5.96 Å². The largest absolute Gasteiger partial charge is 0.360 e. The number of benzene rings is 1. The SMILES string of the molecule is CCNC(=NCCc1cccc2cccnc12)N1CCN(c2cccs2)CC1. The highest BCUT2D eigenvalue weighted by atomic mass is 32.1. The lowest BCUT2D eigenvalue weighted by molar-refractivity contribution is 0.373. The summed E-state index contributed by atoms with van der Waals surface area (Å²) in [4.78, 5) is 14.3. The van der Waals surface area contributed by atoms with Gasteiger partial charge in [-0.1, -0.05) is 24.3 Å². The van der Waals surface area contributed by atoms with Crippen molar-refractivity contribution < 1.29 is 0 Å². The van der Waals surface area contributed by atoms with E-state index >= 15 is 0 Å². The number of nitrogens with zero attached hydrogens (tertiary/aromatic N) is 4. The van der Waals surface area contributed by atoms with Gasteiger partial charge >= 0.3 is 0 Å². The molecule has 0 unspecified atom stereocenters. The zero-order valence-electron chi connectivity index (χ0n) is 16.3. The van der Waals surface area contributed by atoms with E-state index in [1.807, 2.05) is 23.6 Å². The molecule has 1 aromatic carbocycles. The Kier molecular flexibility index (Phi) is 6.07. The first-order valence-corrected chi connectivity index (χ1v) is 10.9. The summed E-state index contributed by atoms with van der Waals surface area (Å²) in [5.41, 5.74) is 2.36. The first-order valence-electron chi connectivity index (χ1n) is 9.99. The Morgan fingerprint density at radius 1 is 1.11 bits per heavy atom. The molecule has 4 rings (SSSR count). The topological polar surface area (TPSA) is 43.8 Å². The minimum Gasteiger partial charge on any atom is -0.360 e. The fourth-order valence-electron chi connectivity index (χ4n) is 3.67. The second-order valence-corrected chi connectivity index (χ2v) is 7.83. The van der Waals surface area contributed by atoms with Crippen LogP contribution in [0.4, 0.5) is 5.00 Å². The van der Waals surface area contributed by atoms with Crippen LogP contribution < -0.4 is 10.2 Å². The third kappa shape index (κ3) is 4.28. The van der Waals surface area contributed by atoms with Crippen molar-refractivity contribution in [2.24, 2.45) is 4.99 Å². The molecule has 28 heavy (non-hydrogen) atoms. The predicted octanol–water partition coefficient (Wildman–Crippen LogP) is 3.63. The van der Waals surface area contributed by atoms with Gasteiger partial charge in [-0.25, -0.2) is 0 Å². The third-order valence-corrected chi connectivity index (χ3v) is 6.02. The van der Waals surface area contributed by atoms with E-state index in [1.54, 1.807) is 0 Å². The van der Waals surface area contributed by atoms with Crippen LogP contribution in [0.1, 0.15) is 12.5 Å². The van der Waals surface area contributed by atoms with Crippen molar-refractivity contribution >= 4 is 33.2 Å². The molecular weight excluding hydrogens is 366 g/mol. The van der Waals surface area contributed by atoms with Gasteiger partial charge < -0.3 is 15.1 Å². The van der Waals surface area contributed by atoms with Crippen molar-refractivity contribution in [1.29, 1.82) is 0 Å². The van der Waals surface area contributed by atoms with E-state index in [-0.39, 0.29) is 0 Å². The quantitative estimate of drug-likeness (QED) is 0.531. The van der Waals surface area contributed by atoms with Gasteiger partial charge in [0.1, 0.15) is 0 Å². The van der Waals surface area contributed by atoms with Crippen molar-refractivity contribution in [2.45, 2.75) is 13.3 Å². The summed E-state index contributed by atoms with van der Waals surface area (Å²) in [6.07, 6.45) is 2.77. The maximum atomic E-state index is 4.91. The molecule has 0 bridgehead atoms. The Bertz CT molecular complexity index is 908. The molecule has 0 atom stereocenters. The van der Waals surface area contributed by atoms with Crippen LogP contribution in [-0.2, 0) is 6.42 Å². The Labute approximate surface area is 170 Å². The van der Waals surface area contributed by atoms with Gasteiger partial charge in [-0.15, -0.1) is 11.3 Å². The number of rotatable bonds is 5. The second-order valence-electron chi connectivity index (χ2n) is 6.90. The molecule has 1 N–H and O–H groups in total. The normalized spacial score (nSPS) is 15.2. The van der Waals surface area contributed by atoms with Gasteiger partial charge in [-0.05, 0) is 42.5 Å². The lowest BCUT2D eigenvalue weighted by Gasteiger charge is -2.37. The summed E-state index contributed by atoms with van der Waals surface area (Å²) in [7, 11) is 0. The molecular formula is C22H27N5S. The van der Waals surface area contributed by atoms with Gasteiger partial charge in [-0.2, -0.15) is 0 Å². The van der Waals surface area contributed by atoms with E-state index in [9.17, 15) is 0 Å². The van der Waals surface area contributed by atoms with Crippen LogP contribution in [0.2, 0.25) is 0 Å². The number of para-hydroxylation sites is 1. The Balaban J connectivity index is 1.39. The number of piperazine rings is 1. The molecule has 1 aliphatic rings.